The van der Waals surface area contributed by atoms with Crippen LogP contribution in [-0.2, 0) is 10.2 Å². The monoisotopic (exact) mass is 363 g/mol. The Morgan fingerprint density at radius 2 is 1.78 bits per heavy atom. The average molecular weight is 364 g/mol. The van der Waals surface area contributed by atoms with Gasteiger partial charge in [0, 0.05) is 18.1 Å². The molecule has 0 saturated heterocycles. The molecule has 1 aliphatic heterocycles. The van der Waals surface area contributed by atoms with E-state index < -0.39 is 0 Å². The highest BCUT2D eigenvalue weighted by Gasteiger charge is 2.33. The van der Waals surface area contributed by atoms with Crippen molar-refractivity contribution in [3.05, 3.63) is 71.3 Å². The van der Waals surface area contributed by atoms with Crippen LogP contribution in [0.4, 0.5) is 0 Å². The maximum absolute atomic E-state index is 12.5. The maximum atomic E-state index is 12.5. The van der Waals surface area contributed by atoms with Gasteiger partial charge in [0.15, 0.2) is 0 Å². The highest BCUT2D eigenvalue weighted by Crippen LogP contribution is 2.39. The second-order valence-corrected chi connectivity index (χ2v) is 8.87. The standard InChI is InChI=1S/C24H29NO2/c1-23(2,3)18-13-10-17(11-14-18)12-15-22(26)25-20-16-24(4,5)27-21-9-7-6-8-19(20)21/h6-15,20H,16H2,1-5H3,(H,25,26)/b15-12+. The second kappa shape index (κ2) is 7.22. The fourth-order valence-corrected chi connectivity index (χ4v) is 3.42. The summed E-state index contributed by atoms with van der Waals surface area (Å²) < 4.78 is 6.03. The lowest BCUT2D eigenvalue weighted by Gasteiger charge is -2.37. The van der Waals surface area contributed by atoms with Gasteiger partial charge in [-0.05, 0) is 42.5 Å². The molecule has 0 aromatic heterocycles. The van der Waals surface area contributed by atoms with Crippen LogP contribution in [0, 0.1) is 0 Å². The summed E-state index contributed by atoms with van der Waals surface area (Å²) in [6.07, 6.45) is 4.21. The predicted molar refractivity (Wildman–Crippen MR) is 111 cm³/mol. The quantitative estimate of drug-likeness (QED) is 0.740. The van der Waals surface area contributed by atoms with Crippen LogP contribution in [0.3, 0.4) is 0 Å². The zero-order valence-electron chi connectivity index (χ0n) is 16.9. The van der Waals surface area contributed by atoms with Crippen molar-refractivity contribution in [1.82, 2.24) is 5.32 Å². The van der Waals surface area contributed by atoms with Crippen LogP contribution in [0.1, 0.15) is 63.8 Å². The van der Waals surface area contributed by atoms with Crippen molar-refractivity contribution >= 4 is 12.0 Å². The van der Waals surface area contributed by atoms with Gasteiger partial charge in [-0.1, -0.05) is 63.2 Å². The average Bonchev–Trinajstić information content (AvgIpc) is 2.58. The number of amides is 1. The van der Waals surface area contributed by atoms with Crippen molar-refractivity contribution in [1.29, 1.82) is 0 Å². The maximum Gasteiger partial charge on any atom is 0.244 e. The normalized spacial score (nSPS) is 18.6. The van der Waals surface area contributed by atoms with Crippen molar-refractivity contribution in [3.8, 4) is 5.75 Å². The number of nitrogens with one attached hydrogen (secondary N) is 1. The van der Waals surface area contributed by atoms with Crippen LogP contribution in [0.15, 0.2) is 54.6 Å². The van der Waals surface area contributed by atoms with Gasteiger partial charge in [0.05, 0.1) is 6.04 Å². The lowest BCUT2D eigenvalue weighted by atomic mass is 9.87. The number of para-hydroxylation sites is 1. The van der Waals surface area contributed by atoms with E-state index in [0.29, 0.717) is 0 Å². The minimum absolute atomic E-state index is 0.0506. The minimum atomic E-state index is -0.307. The van der Waals surface area contributed by atoms with Crippen molar-refractivity contribution in [2.45, 2.75) is 58.1 Å². The summed E-state index contributed by atoms with van der Waals surface area (Å²) in [7, 11) is 0. The lowest BCUT2D eigenvalue weighted by molar-refractivity contribution is -0.117. The molecule has 0 aliphatic carbocycles. The Bertz CT molecular complexity index is 841. The van der Waals surface area contributed by atoms with E-state index in [4.69, 9.17) is 4.74 Å². The molecule has 3 rings (SSSR count). The molecule has 0 radical (unpaired) electrons. The number of rotatable bonds is 3. The van der Waals surface area contributed by atoms with Gasteiger partial charge in [-0.3, -0.25) is 4.79 Å². The molecule has 0 saturated carbocycles. The summed E-state index contributed by atoms with van der Waals surface area (Å²) in [4.78, 5) is 12.5. The third kappa shape index (κ3) is 4.79. The Morgan fingerprint density at radius 3 is 2.44 bits per heavy atom. The number of carbonyl (C=O) groups is 1. The van der Waals surface area contributed by atoms with Crippen LogP contribution < -0.4 is 10.1 Å². The molecular formula is C24H29NO2. The first-order valence-corrected chi connectivity index (χ1v) is 9.51. The highest BCUT2D eigenvalue weighted by molar-refractivity contribution is 5.92. The number of hydrogen-bond acceptors (Lipinski definition) is 2. The van der Waals surface area contributed by atoms with Gasteiger partial charge in [-0.25, -0.2) is 0 Å². The van der Waals surface area contributed by atoms with Crippen LogP contribution in [-0.4, -0.2) is 11.5 Å². The molecule has 1 N–H and O–H groups in total. The molecular weight excluding hydrogens is 334 g/mol. The zero-order valence-corrected chi connectivity index (χ0v) is 16.9. The molecule has 142 valence electrons. The SMILES string of the molecule is CC1(C)CC(NC(=O)/C=C/c2ccc(C(C)(C)C)cc2)c2ccccc2O1. The number of benzene rings is 2. The minimum Gasteiger partial charge on any atom is -0.487 e. The molecule has 1 aliphatic rings. The van der Waals surface area contributed by atoms with Gasteiger partial charge in [0.2, 0.25) is 5.91 Å². The number of carbonyl (C=O) groups excluding carboxylic acids is 1. The first-order valence-electron chi connectivity index (χ1n) is 9.51. The third-order valence-corrected chi connectivity index (χ3v) is 4.90. The summed E-state index contributed by atoms with van der Waals surface area (Å²) >= 11 is 0. The van der Waals surface area contributed by atoms with E-state index in [0.717, 1.165) is 23.3 Å². The van der Waals surface area contributed by atoms with E-state index >= 15 is 0 Å². The van der Waals surface area contributed by atoms with E-state index in [1.807, 2.05) is 30.3 Å². The third-order valence-electron chi connectivity index (χ3n) is 4.90. The van der Waals surface area contributed by atoms with E-state index in [2.05, 4.69) is 64.2 Å². The predicted octanol–water partition coefficient (Wildman–Crippen LogP) is 5.42. The summed E-state index contributed by atoms with van der Waals surface area (Å²) in [6.45, 7) is 10.7. The summed E-state index contributed by atoms with van der Waals surface area (Å²) in [5.74, 6) is 0.758. The molecule has 1 atom stereocenters. The van der Waals surface area contributed by atoms with E-state index in [1.165, 1.54) is 5.56 Å². The Hall–Kier alpha value is -2.55. The van der Waals surface area contributed by atoms with Gasteiger partial charge in [0.25, 0.3) is 0 Å². The Labute approximate surface area is 162 Å². The van der Waals surface area contributed by atoms with Crippen LogP contribution in [0.2, 0.25) is 0 Å². The first-order chi connectivity index (χ1) is 12.6. The fourth-order valence-electron chi connectivity index (χ4n) is 3.42. The van der Waals surface area contributed by atoms with Crippen LogP contribution in [0.5, 0.6) is 5.75 Å². The van der Waals surface area contributed by atoms with Crippen molar-refractivity contribution in [3.63, 3.8) is 0 Å². The molecule has 3 nitrogen and oxygen atoms in total. The highest BCUT2D eigenvalue weighted by atomic mass is 16.5. The van der Waals surface area contributed by atoms with E-state index in [-0.39, 0.29) is 23.0 Å². The smallest absolute Gasteiger partial charge is 0.244 e. The van der Waals surface area contributed by atoms with Crippen LogP contribution in [0.25, 0.3) is 6.08 Å². The van der Waals surface area contributed by atoms with E-state index in [9.17, 15) is 4.79 Å². The van der Waals surface area contributed by atoms with Crippen molar-refractivity contribution in [2.24, 2.45) is 0 Å². The van der Waals surface area contributed by atoms with Gasteiger partial charge in [0.1, 0.15) is 11.4 Å². The molecule has 0 fully saturated rings. The number of hydrogen-bond donors (Lipinski definition) is 1. The summed E-state index contributed by atoms with van der Waals surface area (Å²) in [5, 5.41) is 3.13. The van der Waals surface area contributed by atoms with Gasteiger partial charge in [-0.15, -0.1) is 0 Å². The van der Waals surface area contributed by atoms with Crippen molar-refractivity contribution in [2.75, 3.05) is 0 Å². The van der Waals surface area contributed by atoms with Crippen LogP contribution >= 0.6 is 0 Å². The molecule has 2 aromatic carbocycles. The summed E-state index contributed by atoms with van der Waals surface area (Å²) in [5.41, 5.74) is 3.16. The molecule has 2 aromatic rings. The first kappa shape index (κ1) is 19.2. The van der Waals surface area contributed by atoms with Gasteiger partial charge >= 0.3 is 0 Å². The van der Waals surface area contributed by atoms with E-state index in [1.54, 1.807) is 6.08 Å². The Morgan fingerprint density at radius 1 is 1.11 bits per heavy atom. The molecule has 27 heavy (non-hydrogen) atoms. The van der Waals surface area contributed by atoms with Gasteiger partial charge in [-0.2, -0.15) is 0 Å². The molecule has 0 bridgehead atoms. The summed E-state index contributed by atoms with van der Waals surface area (Å²) in [6, 6.07) is 16.2. The Kier molecular flexibility index (Phi) is 5.14. The van der Waals surface area contributed by atoms with Gasteiger partial charge < -0.3 is 10.1 Å². The topological polar surface area (TPSA) is 38.3 Å². The second-order valence-electron chi connectivity index (χ2n) is 8.87. The molecule has 3 heteroatoms. The Balaban J connectivity index is 1.70. The molecule has 1 amide bonds. The molecule has 1 heterocycles. The lowest BCUT2D eigenvalue weighted by Crippen LogP contribution is -2.40. The fraction of sp³-hybridized carbons (Fsp3) is 0.375. The number of ether oxygens (including phenoxy) is 1. The molecule has 1 unspecified atom stereocenters. The van der Waals surface area contributed by atoms with Crippen molar-refractivity contribution < 1.29 is 9.53 Å². The zero-order chi connectivity index (χ0) is 19.7. The number of fused-ring (bicyclic) bond motifs is 1. The molecule has 0 spiro atoms. The largest absolute Gasteiger partial charge is 0.487 e.